The molecule has 0 aromatic rings. The Bertz CT molecular complexity index is 305. The zero-order valence-corrected chi connectivity index (χ0v) is 13.7. The molecule has 1 heterocycles. The first kappa shape index (κ1) is 14.8. The fourth-order valence-electron chi connectivity index (χ4n) is 4.73. The lowest BCUT2D eigenvalue weighted by Gasteiger charge is -2.41. The van der Waals surface area contributed by atoms with Crippen LogP contribution >= 0.6 is 0 Å². The van der Waals surface area contributed by atoms with Gasteiger partial charge in [0.25, 0.3) is 0 Å². The summed E-state index contributed by atoms with van der Waals surface area (Å²) in [5.41, 5.74) is 0.413. The Morgan fingerprint density at radius 1 is 1.10 bits per heavy atom. The van der Waals surface area contributed by atoms with Crippen molar-refractivity contribution >= 4 is 0 Å². The molecular formula is C18H34N2. The van der Waals surface area contributed by atoms with Crippen molar-refractivity contribution in [2.24, 2.45) is 11.8 Å². The lowest BCUT2D eigenvalue weighted by molar-refractivity contribution is 0.107. The van der Waals surface area contributed by atoms with Crippen molar-refractivity contribution in [3.63, 3.8) is 0 Å². The van der Waals surface area contributed by atoms with Gasteiger partial charge in [-0.05, 0) is 76.8 Å². The van der Waals surface area contributed by atoms with E-state index < -0.39 is 0 Å². The van der Waals surface area contributed by atoms with Gasteiger partial charge in [-0.2, -0.15) is 0 Å². The van der Waals surface area contributed by atoms with Crippen LogP contribution in [0.5, 0.6) is 0 Å². The summed E-state index contributed by atoms with van der Waals surface area (Å²) in [4.78, 5) is 2.86. The van der Waals surface area contributed by atoms with Gasteiger partial charge in [0.1, 0.15) is 0 Å². The van der Waals surface area contributed by atoms with Crippen LogP contribution in [0, 0.1) is 11.8 Å². The maximum Gasteiger partial charge on any atom is 0.0308 e. The smallest absolute Gasteiger partial charge is 0.0308 e. The van der Waals surface area contributed by atoms with Crippen molar-refractivity contribution in [2.45, 2.75) is 83.2 Å². The van der Waals surface area contributed by atoms with Crippen molar-refractivity contribution in [1.82, 2.24) is 10.2 Å². The predicted molar refractivity (Wildman–Crippen MR) is 86.0 cm³/mol. The van der Waals surface area contributed by atoms with Crippen molar-refractivity contribution in [3.05, 3.63) is 0 Å². The van der Waals surface area contributed by atoms with E-state index in [1.54, 1.807) is 0 Å². The van der Waals surface area contributed by atoms with Gasteiger partial charge < -0.3 is 5.32 Å². The fraction of sp³-hybridized carbons (Fsp3) is 1.00. The average molecular weight is 278 g/mol. The van der Waals surface area contributed by atoms with Gasteiger partial charge in [0.05, 0.1) is 0 Å². The zero-order chi connectivity index (χ0) is 14.0. The summed E-state index contributed by atoms with van der Waals surface area (Å²) in [6, 6.07) is 0.890. The number of nitrogens with zero attached hydrogens (tertiary/aromatic N) is 1. The third-order valence-electron chi connectivity index (χ3n) is 6.19. The largest absolute Gasteiger partial charge is 0.310 e. The van der Waals surface area contributed by atoms with Gasteiger partial charge in [0.15, 0.2) is 0 Å². The highest BCUT2D eigenvalue weighted by atomic mass is 15.2. The minimum atomic E-state index is 0.413. The highest BCUT2D eigenvalue weighted by Crippen LogP contribution is 2.41. The molecule has 3 aliphatic rings. The summed E-state index contributed by atoms with van der Waals surface area (Å²) in [6.07, 6.45) is 13.0. The lowest BCUT2D eigenvalue weighted by atomic mass is 9.82. The topological polar surface area (TPSA) is 15.3 Å². The van der Waals surface area contributed by atoms with Crippen LogP contribution in [-0.2, 0) is 0 Å². The molecule has 2 aliphatic carbocycles. The molecule has 1 atom stereocenters. The van der Waals surface area contributed by atoms with E-state index in [9.17, 15) is 0 Å². The molecule has 3 rings (SSSR count). The van der Waals surface area contributed by atoms with E-state index in [4.69, 9.17) is 0 Å². The van der Waals surface area contributed by atoms with E-state index in [2.05, 4.69) is 24.1 Å². The van der Waals surface area contributed by atoms with Gasteiger partial charge in [-0.3, -0.25) is 4.90 Å². The molecule has 0 spiro atoms. The first-order valence-electron chi connectivity index (χ1n) is 9.20. The van der Waals surface area contributed by atoms with E-state index in [1.807, 2.05) is 0 Å². The van der Waals surface area contributed by atoms with Crippen LogP contribution in [0.3, 0.4) is 0 Å². The number of nitrogens with one attached hydrogen (secondary N) is 1. The van der Waals surface area contributed by atoms with Crippen molar-refractivity contribution in [1.29, 1.82) is 0 Å². The van der Waals surface area contributed by atoms with Crippen LogP contribution in [0.1, 0.15) is 71.6 Å². The zero-order valence-electron chi connectivity index (χ0n) is 13.7. The summed E-state index contributed by atoms with van der Waals surface area (Å²) in [5, 5.41) is 3.88. The monoisotopic (exact) mass is 278 g/mol. The highest BCUT2D eigenvalue weighted by Gasteiger charge is 2.44. The lowest BCUT2D eigenvalue weighted by Crippen LogP contribution is -2.53. The summed E-state index contributed by atoms with van der Waals surface area (Å²) in [7, 11) is 0. The van der Waals surface area contributed by atoms with E-state index in [-0.39, 0.29) is 0 Å². The van der Waals surface area contributed by atoms with Crippen LogP contribution in [0.2, 0.25) is 0 Å². The van der Waals surface area contributed by atoms with Gasteiger partial charge in [-0.15, -0.1) is 0 Å². The van der Waals surface area contributed by atoms with Crippen molar-refractivity contribution in [3.8, 4) is 0 Å². The molecule has 1 saturated heterocycles. The first-order chi connectivity index (χ1) is 9.71. The molecule has 0 aromatic heterocycles. The summed E-state index contributed by atoms with van der Waals surface area (Å²) in [5.74, 6) is 2.00. The molecule has 1 N–H and O–H groups in total. The molecule has 0 aromatic carbocycles. The molecule has 0 radical (unpaired) electrons. The van der Waals surface area contributed by atoms with E-state index >= 15 is 0 Å². The standard InChI is InChI=1S/C18H34N2/c1-3-5-15-6-10-17(11-7-15)20-13-4-12-19-18(2,14-20)16-8-9-16/h15-17,19H,3-14H2,1-2H3. The minimum absolute atomic E-state index is 0.413. The molecule has 3 fully saturated rings. The Hall–Kier alpha value is -0.0800. The molecule has 20 heavy (non-hydrogen) atoms. The second kappa shape index (κ2) is 6.36. The molecule has 0 amide bonds. The molecule has 1 aliphatic heterocycles. The minimum Gasteiger partial charge on any atom is -0.310 e. The number of rotatable bonds is 4. The molecule has 2 nitrogen and oxygen atoms in total. The maximum atomic E-state index is 3.88. The average Bonchev–Trinajstić information content (AvgIpc) is 3.27. The Morgan fingerprint density at radius 3 is 2.50 bits per heavy atom. The van der Waals surface area contributed by atoms with E-state index in [0.717, 1.165) is 17.9 Å². The van der Waals surface area contributed by atoms with Gasteiger partial charge in [-0.25, -0.2) is 0 Å². The SMILES string of the molecule is CCCC1CCC(N2CCCNC(C)(C3CC3)C2)CC1. The van der Waals surface area contributed by atoms with Crippen molar-refractivity contribution < 1.29 is 0 Å². The van der Waals surface area contributed by atoms with Crippen LogP contribution in [-0.4, -0.2) is 36.1 Å². The highest BCUT2D eigenvalue weighted by molar-refractivity contribution is 5.02. The summed E-state index contributed by atoms with van der Waals surface area (Å²) in [6.45, 7) is 8.70. The Morgan fingerprint density at radius 2 is 1.85 bits per heavy atom. The van der Waals surface area contributed by atoms with E-state index in [1.165, 1.54) is 77.4 Å². The fourth-order valence-corrected chi connectivity index (χ4v) is 4.73. The third-order valence-corrected chi connectivity index (χ3v) is 6.19. The second-order valence-electron chi connectivity index (χ2n) is 7.91. The molecule has 116 valence electrons. The Balaban J connectivity index is 1.56. The molecule has 2 heteroatoms. The quantitative estimate of drug-likeness (QED) is 0.841. The maximum absolute atomic E-state index is 3.88. The number of hydrogen-bond donors (Lipinski definition) is 1. The third kappa shape index (κ3) is 3.39. The van der Waals surface area contributed by atoms with Gasteiger partial charge in [-0.1, -0.05) is 19.8 Å². The summed E-state index contributed by atoms with van der Waals surface area (Å²) >= 11 is 0. The Labute approximate surface area is 125 Å². The van der Waals surface area contributed by atoms with Crippen LogP contribution in [0.4, 0.5) is 0 Å². The van der Waals surface area contributed by atoms with Gasteiger partial charge >= 0.3 is 0 Å². The summed E-state index contributed by atoms with van der Waals surface area (Å²) < 4.78 is 0. The van der Waals surface area contributed by atoms with Crippen LogP contribution in [0.25, 0.3) is 0 Å². The first-order valence-corrected chi connectivity index (χ1v) is 9.20. The van der Waals surface area contributed by atoms with Gasteiger partial charge in [0.2, 0.25) is 0 Å². The van der Waals surface area contributed by atoms with Crippen molar-refractivity contribution in [2.75, 3.05) is 19.6 Å². The Kier molecular flexibility index (Phi) is 4.72. The molecule has 1 unspecified atom stereocenters. The van der Waals surface area contributed by atoms with Gasteiger partial charge in [0, 0.05) is 18.1 Å². The normalized spacial score (nSPS) is 40.5. The van der Waals surface area contributed by atoms with Crippen LogP contribution < -0.4 is 5.32 Å². The molecule has 0 bridgehead atoms. The van der Waals surface area contributed by atoms with Crippen LogP contribution in [0.15, 0.2) is 0 Å². The molecular weight excluding hydrogens is 244 g/mol. The predicted octanol–water partition coefficient (Wildman–Crippen LogP) is 3.81. The number of hydrogen-bond acceptors (Lipinski definition) is 2. The van der Waals surface area contributed by atoms with E-state index in [0.29, 0.717) is 5.54 Å². The second-order valence-corrected chi connectivity index (χ2v) is 7.91. The molecule has 2 saturated carbocycles.